The second kappa shape index (κ2) is 8.03. The first-order valence-electron chi connectivity index (χ1n) is 10.1. The van der Waals surface area contributed by atoms with Crippen molar-refractivity contribution in [2.24, 2.45) is 5.92 Å². The van der Waals surface area contributed by atoms with Crippen LogP contribution in [0.4, 0.5) is 23.0 Å². The van der Waals surface area contributed by atoms with E-state index in [9.17, 15) is 10.1 Å². The smallest absolute Gasteiger partial charge is 0.350 e. The van der Waals surface area contributed by atoms with Gasteiger partial charge in [-0.1, -0.05) is 43.3 Å². The van der Waals surface area contributed by atoms with Gasteiger partial charge in [-0.15, -0.1) is 0 Å². The van der Waals surface area contributed by atoms with Crippen LogP contribution in [0.1, 0.15) is 26.7 Å². The van der Waals surface area contributed by atoms with Crippen LogP contribution in [0.5, 0.6) is 0 Å². The Bertz CT molecular complexity index is 1030. The Kier molecular flexibility index (Phi) is 5.29. The van der Waals surface area contributed by atoms with E-state index in [2.05, 4.69) is 16.9 Å². The van der Waals surface area contributed by atoms with Crippen LogP contribution >= 0.6 is 0 Å². The normalized spacial score (nSPS) is 16.8. The van der Waals surface area contributed by atoms with Crippen LogP contribution in [0, 0.1) is 16.0 Å². The fraction of sp³-hybridized carbons (Fsp3) is 0.364. The second-order valence-electron chi connectivity index (χ2n) is 7.56. The van der Waals surface area contributed by atoms with Crippen molar-refractivity contribution in [3.8, 4) is 0 Å². The Morgan fingerprint density at radius 2 is 2.00 bits per heavy atom. The van der Waals surface area contributed by atoms with Gasteiger partial charge in [0.1, 0.15) is 6.33 Å². The van der Waals surface area contributed by atoms with E-state index in [0.717, 1.165) is 42.4 Å². The largest absolute Gasteiger partial charge is 0.353 e. The summed E-state index contributed by atoms with van der Waals surface area (Å²) in [7, 11) is 0. The van der Waals surface area contributed by atoms with E-state index >= 15 is 0 Å². The molecule has 0 aliphatic carbocycles. The molecule has 0 radical (unpaired) electrons. The van der Waals surface area contributed by atoms with Gasteiger partial charge in [0.25, 0.3) is 0 Å². The molecule has 4 rings (SSSR count). The number of fused-ring (bicyclic) bond motifs is 1. The van der Waals surface area contributed by atoms with Crippen molar-refractivity contribution in [3.63, 3.8) is 0 Å². The Balaban J connectivity index is 1.86. The number of hydrogen-bond donors (Lipinski definition) is 0. The maximum atomic E-state index is 12.2. The van der Waals surface area contributed by atoms with Crippen molar-refractivity contribution >= 4 is 33.8 Å². The Labute approximate surface area is 170 Å². The molecule has 1 aliphatic heterocycles. The van der Waals surface area contributed by atoms with Crippen LogP contribution in [0.3, 0.4) is 0 Å². The lowest BCUT2D eigenvalue weighted by Crippen LogP contribution is -2.35. The quantitative estimate of drug-likeness (QED) is 0.453. The molecule has 0 amide bonds. The van der Waals surface area contributed by atoms with Crippen LogP contribution in [0.2, 0.25) is 0 Å². The summed E-state index contributed by atoms with van der Waals surface area (Å²) in [5, 5.41) is 14.3. The topological polar surface area (TPSA) is 75.4 Å². The average molecular weight is 391 g/mol. The monoisotopic (exact) mass is 391 g/mol. The first-order chi connectivity index (χ1) is 14.1. The Morgan fingerprint density at radius 3 is 2.76 bits per heavy atom. The van der Waals surface area contributed by atoms with Gasteiger partial charge in [-0.25, -0.2) is 9.97 Å². The predicted molar refractivity (Wildman–Crippen MR) is 116 cm³/mol. The molecule has 1 unspecified atom stereocenters. The highest BCUT2D eigenvalue weighted by Gasteiger charge is 2.32. The summed E-state index contributed by atoms with van der Waals surface area (Å²) in [4.78, 5) is 24.5. The van der Waals surface area contributed by atoms with E-state index < -0.39 is 0 Å². The molecular formula is C22H25N5O2. The molecule has 7 nitrogen and oxygen atoms in total. The number of nitrogens with zero attached hydrogens (tertiary/aromatic N) is 5. The van der Waals surface area contributed by atoms with Gasteiger partial charge in [0.15, 0.2) is 0 Å². The van der Waals surface area contributed by atoms with E-state index in [-0.39, 0.29) is 10.6 Å². The van der Waals surface area contributed by atoms with Gasteiger partial charge in [-0.05, 0) is 37.1 Å². The number of benzene rings is 2. The molecule has 1 fully saturated rings. The number of aromatic nitrogens is 2. The fourth-order valence-electron chi connectivity index (χ4n) is 4.21. The van der Waals surface area contributed by atoms with Crippen molar-refractivity contribution < 1.29 is 4.92 Å². The first kappa shape index (κ1) is 19.1. The number of anilines is 3. The summed E-state index contributed by atoms with van der Waals surface area (Å²) in [5.41, 5.74) is 0.891. The summed E-state index contributed by atoms with van der Waals surface area (Å²) >= 11 is 0. The van der Waals surface area contributed by atoms with Gasteiger partial charge < -0.3 is 9.80 Å². The highest BCUT2D eigenvalue weighted by molar-refractivity contribution is 5.96. The number of nitro groups is 1. The third-order valence-corrected chi connectivity index (χ3v) is 5.55. The van der Waals surface area contributed by atoms with Crippen molar-refractivity contribution in [1.82, 2.24) is 9.97 Å². The van der Waals surface area contributed by atoms with E-state index in [1.165, 1.54) is 6.33 Å². The van der Waals surface area contributed by atoms with Gasteiger partial charge >= 0.3 is 5.69 Å². The van der Waals surface area contributed by atoms with Crippen LogP contribution in [0.25, 0.3) is 10.8 Å². The van der Waals surface area contributed by atoms with Crippen molar-refractivity contribution in [2.45, 2.75) is 26.7 Å². The Morgan fingerprint density at radius 1 is 1.21 bits per heavy atom. The molecule has 0 spiro atoms. The molecule has 3 aromatic rings. The third kappa shape index (κ3) is 3.60. The number of hydrogen-bond acceptors (Lipinski definition) is 6. The Hall–Kier alpha value is -3.22. The minimum atomic E-state index is -0.336. The van der Waals surface area contributed by atoms with E-state index in [1.807, 2.05) is 59.2 Å². The van der Waals surface area contributed by atoms with Gasteiger partial charge in [-0.3, -0.25) is 10.1 Å². The van der Waals surface area contributed by atoms with Crippen molar-refractivity contribution in [2.75, 3.05) is 29.4 Å². The fourth-order valence-corrected chi connectivity index (χ4v) is 4.21. The zero-order valence-corrected chi connectivity index (χ0v) is 16.8. The molecule has 0 saturated carbocycles. The molecule has 1 saturated heterocycles. The van der Waals surface area contributed by atoms with Gasteiger partial charge in [0, 0.05) is 25.0 Å². The lowest BCUT2D eigenvalue weighted by molar-refractivity contribution is -0.383. The van der Waals surface area contributed by atoms with Crippen LogP contribution in [-0.2, 0) is 0 Å². The van der Waals surface area contributed by atoms with Crippen LogP contribution < -0.4 is 9.80 Å². The second-order valence-corrected chi connectivity index (χ2v) is 7.56. The van der Waals surface area contributed by atoms with Gasteiger partial charge in [-0.2, -0.15) is 0 Å². The standard InChI is InChI=1S/C22H25N5O2/c1-3-26(19-12-6-10-17-9-4-5-11-18(17)19)22-20(27(28)29)21(23-15-24-22)25-13-7-8-16(2)14-25/h4-6,9-12,15-16H,3,7-8,13-14H2,1-2H3. The predicted octanol–water partition coefficient (Wildman–Crippen LogP) is 4.93. The molecule has 2 heterocycles. The molecular weight excluding hydrogens is 366 g/mol. The molecule has 0 N–H and O–H groups in total. The summed E-state index contributed by atoms with van der Waals surface area (Å²) in [6.07, 6.45) is 3.60. The van der Waals surface area contributed by atoms with Gasteiger partial charge in [0.05, 0.1) is 10.6 Å². The van der Waals surface area contributed by atoms with Crippen molar-refractivity contribution in [3.05, 3.63) is 58.9 Å². The maximum absolute atomic E-state index is 12.2. The number of rotatable bonds is 5. The molecule has 1 atom stereocenters. The first-order valence-corrected chi connectivity index (χ1v) is 10.1. The highest BCUT2D eigenvalue weighted by atomic mass is 16.6. The zero-order valence-electron chi connectivity index (χ0n) is 16.8. The van der Waals surface area contributed by atoms with E-state index in [4.69, 9.17) is 0 Å². The molecule has 150 valence electrons. The van der Waals surface area contributed by atoms with E-state index in [1.54, 1.807) is 0 Å². The van der Waals surface area contributed by atoms with Crippen LogP contribution in [-0.4, -0.2) is 34.5 Å². The molecule has 29 heavy (non-hydrogen) atoms. The third-order valence-electron chi connectivity index (χ3n) is 5.55. The number of piperidine rings is 1. The van der Waals surface area contributed by atoms with Gasteiger partial charge in [0.2, 0.25) is 11.6 Å². The van der Waals surface area contributed by atoms with Crippen LogP contribution in [0.15, 0.2) is 48.8 Å². The molecule has 1 aromatic heterocycles. The SMILES string of the molecule is CCN(c1ncnc(N2CCCC(C)C2)c1[N+](=O)[O-])c1cccc2ccccc12. The summed E-state index contributed by atoms with van der Waals surface area (Å²) in [5.74, 6) is 1.25. The summed E-state index contributed by atoms with van der Waals surface area (Å²) in [6.45, 7) is 6.27. The minimum absolute atomic E-state index is 0.0172. The lowest BCUT2D eigenvalue weighted by Gasteiger charge is -2.32. The maximum Gasteiger partial charge on any atom is 0.353 e. The lowest BCUT2D eigenvalue weighted by atomic mass is 10.0. The molecule has 7 heteroatoms. The summed E-state index contributed by atoms with van der Waals surface area (Å²) in [6, 6.07) is 14.1. The zero-order chi connectivity index (χ0) is 20.4. The average Bonchev–Trinajstić information content (AvgIpc) is 2.74. The molecule has 0 bridgehead atoms. The molecule has 2 aromatic carbocycles. The minimum Gasteiger partial charge on any atom is -0.350 e. The van der Waals surface area contributed by atoms with E-state index in [0.29, 0.717) is 24.1 Å². The summed E-state index contributed by atoms with van der Waals surface area (Å²) < 4.78 is 0. The highest BCUT2D eigenvalue weighted by Crippen LogP contribution is 2.40. The molecule has 1 aliphatic rings. The van der Waals surface area contributed by atoms with Crippen molar-refractivity contribution in [1.29, 1.82) is 0 Å².